The number of rotatable bonds is 5. The fraction of sp³-hybridized carbons (Fsp3) is 0.312. The number of thioether (sulfide) groups is 1. The monoisotopic (exact) mass is 412 g/mol. The minimum atomic E-state index is -1.28. The zero-order valence-electron chi connectivity index (χ0n) is 12.6. The molecule has 1 amide bonds. The molecule has 1 aliphatic rings. The topological polar surface area (TPSA) is 60.4 Å². The van der Waals surface area contributed by atoms with E-state index in [0.717, 1.165) is 21.8 Å². The Hall–Kier alpha value is -1.18. The predicted molar refractivity (Wildman–Crippen MR) is 97.4 cm³/mol. The molecule has 0 saturated carbocycles. The summed E-state index contributed by atoms with van der Waals surface area (Å²) < 4.78 is 1.15. The lowest BCUT2D eigenvalue weighted by atomic mass is 9.98. The highest BCUT2D eigenvalue weighted by molar-refractivity contribution is 9.10. The molecule has 2 atom stereocenters. The number of carboxylic acids is 1. The summed E-state index contributed by atoms with van der Waals surface area (Å²) in [7, 11) is 0. The van der Waals surface area contributed by atoms with Crippen LogP contribution in [0.15, 0.2) is 33.6 Å². The molecule has 0 spiro atoms. The average Bonchev–Trinajstić information content (AvgIpc) is 2.75. The summed E-state index contributed by atoms with van der Waals surface area (Å²) >= 11 is 9.72. The summed E-state index contributed by atoms with van der Waals surface area (Å²) in [6.45, 7) is 3.65. The SMILES string of the molecule is CC[C@H](C)[C@@H](C(=O)[O-])N1C(=O)/C(=C/c2cccc(Br)c2)SC1=S. The second-order valence-corrected chi connectivity index (χ2v) is 7.85. The van der Waals surface area contributed by atoms with Crippen LogP contribution in [-0.4, -0.2) is 27.1 Å². The molecular weight excluding hydrogens is 398 g/mol. The maximum Gasteiger partial charge on any atom is 0.266 e. The number of amides is 1. The predicted octanol–water partition coefficient (Wildman–Crippen LogP) is 2.81. The molecule has 0 aromatic heterocycles. The standard InChI is InChI=1S/C16H16BrNO3S2/c1-3-9(2)13(15(20)21)18-14(19)12(23-16(18)22)8-10-5-4-6-11(17)7-10/h4-9,13H,3H2,1-2H3,(H,20,21)/p-1/b12-8-/t9-,13-/m0/s1. The molecule has 0 bridgehead atoms. The van der Waals surface area contributed by atoms with E-state index in [4.69, 9.17) is 12.2 Å². The van der Waals surface area contributed by atoms with Crippen LogP contribution in [0.3, 0.4) is 0 Å². The van der Waals surface area contributed by atoms with E-state index < -0.39 is 12.0 Å². The van der Waals surface area contributed by atoms with Gasteiger partial charge in [-0.2, -0.15) is 0 Å². The van der Waals surface area contributed by atoms with Crippen LogP contribution in [0.25, 0.3) is 6.08 Å². The lowest BCUT2D eigenvalue weighted by molar-refractivity contribution is -0.311. The Kier molecular flexibility index (Phi) is 6.00. The Morgan fingerprint density at radius 3 is 2.78 bits per heavy atom. The quantitative estimate of drug-likeness (QED) is 0.549. The van der Waals surface area contributed by atoms with Crippen molar-refractivity contribution in [3.05, 3.63) is 39.2 Å². The van der Waals surface area contributed by atoms with Crippen molar-refractivity contribution in [3.8, 4) is 0 Å². The maximum absolute atomic E-state index is 12.6. The van der Waals surface area contributed by atoms with E-state index in [9.17, 15) is 14.7 Å². The Morgan fingerprint density at radius 2 is 2.22 bits per heavy atom. The Balaban J connectivity index is 2.34. The van der Waals surface area contributed by atoms with E-state index in [1.165, 1.54) is 4.90 Å². The van der Waals surface area contributed by atoms with Crippen LogP contribution < -0.4 is 5.11 Å². The smallest absolute Gasteiger partial charge is 0.266 e. The molecule has 1 aromatic rings. The van der Waals surface area contributed by atoms with Crippen molar-refractivity contribution in [1.29, 1.82) is 0 Å². The Labute approximate surface area is 153 Å². The van der Waals surface area contributed by atoms with Crippen molar-refractivity contribution in [1.82, 2.24) is 4.90 Å². The van der Waals surface area contributed by atoms with Crippen molar-refractivity contribution in [2.75, 3.05) is 0 Å². The highest BCUT2D eigenvalue weighted by Crippen LogP contribution is 2.35. The Morgan fingerprint density at radius 1 is 1.52 bits per heavy atom. The number of aliphatic carboxylic acids is 1. The van der Waals surface area contributed by atoms with Crippen molar-refractivity contribution in [2.45, 2.75) is 26.3 Å². The lowest BCUT2D eigenvalue weighted by Crippen LogP contribution is -2.53. The minimum absolute atomic E-state index is 0.243. The molecule has 0 aliphatic carbocycles. The largest absolute Gasteiger partial charge is 0.548 e. The van der Waals surface area contributed by atoms with Gasteiger partial charge in [0, 0.05) is 4.47 Å². The molecule has 23 heavy (non-hydrogen) atoms. The van der Waals surface area contributed by atoms with Crippen molar-refractivity contribution < 1.29 is 14.7 Å². The zero-order chi connectivity index (χ0) is 17.1. The van der Waals surface area contributed by atoms with Gasteiger partial charge in [-0.3, -0.25) is 9.69 Å². The highest BCUT2D eigenvalue weighted by atomic mass is 79.9. The van der Waals surface area contributed by atoms with Gasteiger partial charge < -0.3 is 9.90 Å². The number of carboxylic acid groups (broad SMARTS) is 1. The van der Waals surface area contributed by atoms with Crippen LogP contribution in [-0.2, 0) is 9.59 Å². The van der Waals surface area contributed by atoms with Gasteiger partial charge in [-0.1, -0.05) is 72.3 Å². The minimum Gasteiger partial charge on any atom is -0.548 e. The molecule has 0 N–H and O–H groups in total. The summed E-state index contributed by atoms with van der Waals surface area (Å²) in [5.41, 5.74) is 0.841. The zero-order valence-corrected chi connectivity index (χ0v) is 15.8. The van der Waals surface area contributed by atoms with Gasteiger partial charge in [0.1, 0.15) is 4.32 Å². The van der Waals surface area contributed by atoms with E-state index in [1.54, 1.807) is 13.0 Å². The third-order valence-electron chi connectivity index (χ3n) is 3.67. The molecule has 0 unspecified atom stereocenters. The first-order valence-corrected chi connectivity index (χ1v) is 9.10. The van der Waals surface area contributed by atoms with Gasteiger partial charge in [0.15, 0.2) is 0 Å². The molecule has 1 aromatic carbocycles. The van der Waals surface area contributed by atoms with Gasteiger partial charge in [-0.25, -0.2) is 0 Å². The van der Waals surface area contributed by atoms with Gasteiger partial charge in [0.05, 0.1) is 16.9 Å². The molecule has 2 rings (SSSR count). The Bertz CT molecular complexity index is 690. The second kappa shape index (κ2) is 7.59. The van der Waals surface area contributed by atoms with E-state index in [-0.39, 0.29) is 16.1 Å². The molecule has 0 radical (unpaired) electrons. The summed E-state index contributed by atoms with van der Waals surface area (Å²) in [6.07, 6.45) is 2.33. The van der Waals surface area contributed by atoms with Gasteiger partial charge in [-0.05, 0) is 29.7 Å². The van der Waals surface area contributed by atoms with Crippen molar-refractivity contribution >= 4 is 62.2 Å². The van der Waals surface area contributed by atoms with Crippen LogP contribution in [0.1, 0.15) is 25.8 Å². The summed E-state index contributed by atoms with van der Waals surface area (Å²) in [5, 5.41) is 11.5. The molecule has 1 aliphatic heterocycles. The number of nitrogens with zero attached hydrogens (tertiary/aromatic N) is 1. The number of carbonyl (C=O) groups is 2. The van der Waals surface area contributed by atoms with Crippen LogP contribution in [0.2, 0.25) is 0 Å². The second-order valence-electron chi connectivity index (χ2n) is 5.26. The first kappa shape index (κ1) is 18.2. The van der Waals surface area contributed by atoms with E-state index in [1.807, 2.05) is 31.2 Å². The van der Waals surface area contributed by atoms with Crippen LogP contribution in [0, 0.1) is 5.92 Å². The molecule has 122 valence electrons. The first-order chi connectivity index (χ1) is 10.8. The third kappa shape index (κ3) is 4.02. The van der Waals surface area contributed by atoms with Crippen LogP contribution >= 0.6 is 39.9 Å². The summed E-state index contributed by atoms with van der Waals surface area (Å²) in [5.74, 6) is -1.90. The molecule has 7 heteroatoms. The lowest BCUT2D eigenvalue weighted by Gasteiger charge is -2.32. The molecule has 1 saturated heterocycles. The highest BCUT2D eigenvalue weighted by Gasteiger charge is 2.39. The van der Waals surface area contributed by atoms with Gasteiger partial charge in [-0.15, -0.1) is 0 Å². The number of hydrogen-bond donors (Lipinski definition) is 0. The third-order valence-corrected chi connectivity index (χ3v) is 5.50. The number of benzene rings is 1. The average molecular weight is 413 g/mol. The maximum atomic E-state index is 12.6. The molecule has 1 fully saturated rings. The fourth-order valence-corrected chi connectivity index (χ4v) is 4.03. The van der Waals surface area contributed by atoms with Gasteiger partial charge >= 0.3 is 0 Å². The number of halogens is 1. The summed E-state index contributed by atoms with van der Waals surface area (Å²) in [4.78, 5) is 25.7. The van der Waals surface area contributed by atoms with Gasteiger partial charge in [0.25, 0.3) is 5.91 Å². The summed E-state index contributed by atoms with van der Waals surface area (Å²) in [6, 6.07) is 6.44. The number of hydrogen-bond acceptors (Lipinski definition) is 5. The normalized spacial score (nSPS) is 19.3. The van der Waals surface area contributed by atoms with E-state index in [2.05, 4.69) is 15.9 Å². The number of thiocarbonyl (C=S) groups is 1. The van der Waals surface area contributed by atoms with Crippen LogP contribution in [0.5, 0.6) is 0 Å². The molecule has 1 heterocycles. The fourth-order valence-electron chi connectivity index (χ4n) is 2.28. The van der Waals surface area contributed by atoms with Crippen LogP contribution in [0.4, 0.5) is 0 Å². The van der Waals surface area contributed by atoms with E-state index >= 15 is 0 Å². The first-order valence-electron chi connectivity index (χ1n) is 7.08. The molecule has 4 nitrogen and oxygen atoms in total. The van der Waals surface area contributed by atoms with Crippen molar-refractivity contribution in [3.63, 3.8) is 0 Å². The van der Waals surface area contributed by atoms with Gasteiger partial charge in [0.2, 0.25) is 0 Å². The number of carbonyl (C=O) groups excluding carboxylic acids is 2. The molecular formula is C16H15BrNO3S2-. The van der Waals surface area contributed by atoms with Crippen molar-refractivity contribution in [2.24, 2.45) is 5.92 Å². The van der Waals surface area contributed by atoms with E-state index in [0.29, 0.717) is 11.3 Å².